The Labute approximate surface area is 94.6 Å². The summed E-state index contributed by atoms with van der Waals surface area (Å²) in [6, 6.07) is 0.498. The fourth-order valence-electron chi connectivity index (χ4n) is 1.13. The van der Waals surface area contributed by atoms with Gasteiger partial charge in [0, 0.05) is 5.33 Å². The summed E-state index contributed by atoms with van der Waals surface area (Å²) in [6.45, 7) is 0. The van der Waals surface area contributed by atoms with Crippen molar-refractivity contribution in [2.75, 3.05) is 0 Å². The van der Waals surface area contributed by atoms with Gasteiger partial charge in [0.2, 0.25) is 0 Å². The second kappa shape index (κ2) is 4.52. The summed E-state index contributed by atoms with van der Waals surface area (Å²) in [5.41, 5.74) is -4.06. The Morgan fingerprint density at radius 1 is 1.38 bits per heavy atom. The molecular weight excluding hydrogens is 301 g/mol. The van der Waals surface area contributed by atoms with E-state index in [-0.39, 0.29) is 10.9 Å². The molecule has 0 saturated heterocycles. The van der Waals surface area contributed by atoms with Crippen molar-refractivity contribution in [1.82, 2.24) is 4.98 Å². The lowest BCUT2D eigenvalue weighted by atomic mass is 10.1. The zero-order chi connectivity index (χ0) is 12.5. The highest BCUT2D eigenvalue weighted by Gasteiger charge is 2.33. The molecular formula is C8H5BrF5NO. The molecule has 0 atom stereocenters. The van der Waals surface area contributed by atoms with Crippen LogP contribution in [0.4, 0.5) is 22.0 Å². The van der Waals surface area contributed by atoms with Gasteiger partial charge in [-0.15, -0.1) is 0 Å². The lowest BCUT2D eigenvalue weighted by Gasteiger charge is -2.10. The molecule has 2 nitrogen and oxygen atoms in total. The third-order valence-electron chi connectivity index (χ3n) is 1.82. The van der Waals surface area contributed by atoms with Gasteiger partial charge in [-0.1, -0.05) is 15.9 Å². The molecule has 0 aliphatic heterocycles. The van der Waals surface area contributed by atoms with Crippen LogP contribution in [0.1, 0.15) is 23.2 Å². The number of rotatable bonds is 2. The molecule has 0 saturated carbocycles. The number of nitrogens with one attached hydrogen (secondary N) is 1. The molecule has 1 rings (SSSR count). The van der Waals surface area contributed by atoms with Crippen molar-refractivity contribution >= 4 is 15.9 Å². The molecule has 8 heteroatoms. The normalized spacial score (nSPS) is 12.2. The van der Waals surface area contributed by atoms with Gasteiger partial charge in [-0.3, -0.25) is 4.79 Å². The lowest BCUT2D eigenvalue weighted by molar-refractivity contribution is -0.141. The standard InChI is InChI=1S/C8H5BrF5NO/c9-2-3-1-4(8(12,13)14)15-7(16)5(3)6(10)11/h1,6H,2H2,(H,15,16). The van der Waals surface area contributed by atoms with Crippen LogP contribution >= 0.6 is 15.9 Å². The van der Waals surface area contributed by atoms with Crippen LogP contribution in [0.5, 0.6) is 0 Å². The van der Waals surface area contributed by atoms with Crippen LogP contribution in [0, 0.1) is 0 Å². The Balaban J connectivity index is 3.45. The first-order valence-electron chi connectivity index (χ1n) is 3.94. The summed E-state index contributed by atoms with van der Waals surface area (Å²) >= 11 is 2.76. The van der Waals surface area contributed by atoms with Crippen molar-refractivity contribution in [3.8, 4) is 0 Å². The number of hydrogen-bond acceptors (Lipinski definition) is 1. The molecule has 1 aromatic rings. The van der Waals surface area contributed by atoms with Crippen molar-refractivity contribution in [3.05, 3.63) is 33.2 Å². The van der Waals surface area contributed by atoms with E-state index in [9.17, 15) is 26.7 Å². The third kappa shape index (κ3) is 2.60. The van der Waals surface area contributed by atoms with Crippen molar-refractivity contribution < 1.29 is 22.0 Å². The van der Waals surface area contributed by atoms with E-state index in [1.54, 1.807) is 0 Å². The summed E-state index contributed by atoms with van der Waals surface area (Å²) < 4.78 is 61.5. The first kappa shape index (κ1) is 13.1. The molecule has 0 spiro atoms. The summed E-state index contributed by atoms with van der Waals surface area (Å²) in [5, 5.41) is -0.250. The van der Waals surface area contributed by atoms with Gasteiger partial charge in [-0.25, -0.2) is 8.78 Å². The van der Waals surface area contributed by atoms with Gasteiger partial charge < -0.3 is 4.98 Å². The molecule has 1 aromatic heterocycles. The molecule has 0 radical (unpaired) electrons. The smallest absolute Gasteiger partial charge is 0.318 e. The average molecular weight is 306 g/mol. The zero-order valence-corrected chi connectivity index (χ0v) is 9.12. The van der Waals surface area contributed by atoms with Crippen LogP contribution in [-0.2, 0) is 11.5 Å². The van der Waals surface area contributed by atoms with Crippen LogP contribution in [0.2, 0.25) is 0 Å². The van der Waals surface area contributed by atoms with Crippen LogP contribution in [0.15, 0.2) is 10.9 Å². The van der Waals surface area contributed by atoms with E-state index in [1.165, 1.54) is 4.98 Å². The number of aromatic nitrogens is 1. The predicted octanol–water partition coefficient (Wildman–Crippen LogP) is 3.23. The Hall–Kier alpha value is -0.920. The zero-order valence-electron chi connectivity index (χ0n) is 7.54. The average Bonchev–Trinajstić information content (AvgIpc) is 2.14. The van der Waals surface area contributed by atoms with E-state index in [1.807, 2.05) is 0 Å². The SMILES string of the molecule is O=c1[nH]c(C(F)(F)F)cc(CBr)c1C(F)F. The molecule has 1 N–H and O–H groups in total. The fraction of sp³-hybridized carbons (Fsp3) is 0.375. The summed E-state index contributed by atoms with van der Waals surface area (Å²) in [6.07, 6.45) is -7.88. The molecule has 0 aliphatic rings. The largest absolute Gasteiger partial charge is 0.431 e. The predicted molar refractivity (Wildman–Crippen MR) is 49.7 cm³/mol. The summed E-state index contributed by atoms with van der Waals surface area (Å²) in [5.74, 6) is 0. The number of halogens is 6. The molecule has 16 heavy (non-hydrogen) atoms. The second-order valence-corrected chi connectivity index (χ2v) is 3.44. The molecule has 0 unspecified atom stereocenters. The fourth-order valence-corrected chi connectivity index (χ4v) is 1.59. The Kier molecular flexibility index (Phi) is 3.72. The number of pyridine rings is 1. The first-order chi connectivity index (χ1) is 7.27. The maximum atomic E-state index is 12.4. The maximum absolute atomic E-state index is 12.4. The van der Waals surface area contributed by atoms with E-state index in [4.69, 9.17) is 0 Å². The van der Waals surface area contributed by atoms with Gasteiger partial charge in [-0.05, 0) is 11.6 Å². The number of alkyl halides is 6. The monoisotopic (exact) mass is 305 g/mol. The van der Waals surface area contributed by atoms with Crippen LogP contribution < -0.4 is 5.56 Å². The van der Waals surface area contributed by atoms with Crippen LogP contribution in [0.3, 0.4) is 0 Å². The molecule has 0 aromatic carbocycles. The van der Waals surface area contributed by atoms with E-state index >= 15 is 0 Å². The van der Waals surface area contributed by atoms with E-state index in [2.05, 4.69) is 15.9 Å². The molecule has 1 heterocycles. The van der Waals surface area contributed by atoms with Gasteiger partial charge in [0.1, 0.15) is 5.69 Å². The van der Waals surface area contributed by atoms with Crippen molar-refractivity contribution in [2.24, 2.45) is 0 Å². The lowest BCUT2D eigenvalue weighted by Crippen LogP contribution is -2.22. The van der Waals surface area contributed by atoms with Gasteiger partial charge in [-0.2, -0.15) is 13.2 Å². The minimum absolute atomic E-state index is 0.250. The minimum atomic E-state index is -4.77. The van der Waals surface area contributed by atoms with Crippen LogP contribution in [-0.4, -0.2) is 4.98 Å². The van der Waals surface area contributed by atoms with E-state index < -0.39 is 29.4 Å². The molecule has 0 fully saturated rings. The van der Waals surface area contributed by atoms with Crippen molar-refractivity contribution in [1.29, 1.82) is 0 Å². The molecule has 0 aliphatic carbocycles. The molecule has 90 valence electrons. The Bertz CT molecular complexity index is 439. The highest BCUT2D eigenvalue weighted by molar-refractivity contribution is 9.08. The Morgan fingerprint density at radius 2 is 1.94 bits per heavy atom. The van der Waals surface area contributed by atoms with E-state index in [0.717, 1.165) is 0 Å². The molecule has 0 bridgehead atoms. The summed E-state index contributed by atoms with van der Waals surface area (Å²) in [4.78, 5) is 12.4. The van der Waals surface area contributed by atoms with Crippen molar-refractivity contribution in [2.45, 2.75) is 17.9 Å². The number of H-pyrrole nitrogens is 1. The van der Waals surface area contributed by atoms with Gasteiger partial charge in [0.25, 0.3) is 12.0 Å². The first-order valence-corrected chi connectivity index (χ1v) is 5.07. The Morgan fingerprint density at radius 3 is 2.31 bits per heavy atom. The van der Waals surface area contributed by atoms with E-state index in [0.29, 0.717) is 6.07 Å². The highest BCUT2D eigenvalue weighted by Crippen LogP contribution is 2.30. The van der Waals surface area contributed by atoms with Crippen molar-refractivity contribution in [3.63, 3.8) is 0 Å². The number of hydrogen-bond donors (Lipinski definition) is 1. The second-order valence-electron chi connectivity index (χ2n) is 2.88. The molecule has 0 amide bonds. The highest BCUT2D eigenvalue weighted by atomic mass is 79.9. The van der Waals surface area contributed by atoms with Gasteiger partial charge in [0.05, 0.1) is 5.56 Å². The summed E-state index contributed by atoms with van der Waals surface area (Å²) in [7, 11) is 0. The topological polar surface area (TPSA) is 32.9 Å². The quantitative estimate of drug-likeness (QED) is 0.660. The van der Waals surface area contributed by atoms with Crippen LogP contribution in [0.25, 0.3) is 0 Å². The third-order valence-corrected chi connectivity index (χ3v) is 2.43. The van der Waals surface area contributed by atoms with Gasteiger partial charge in [0.15, 0.2) is 0 Å². The number of aromatic amines is 1. The van der Waals surface area contributed by atoms with Gasteiger partial charge >= 0.3 is 6.18 Å². The maximum Gasteiger partial charge on any atom is 0.431 e. The minimum Gasteiger partial charge on any atom is -0.318 e.